The fourth-order valence-corrected chi connectivity index (χ4v) is 2.53. The molecule has 0 radical (unpaired) electrons. The minimum atomic E-state index is 0.183. The van der Waals surface area contributed by atoms with E-state index in [1.807, 2.05) is 12.1 Å². The molecule has 2 aromatic carbocycles. The van der Waals surface area contributed by atoms with Crippen LogP contribution in [0.5, 0.6) is 5.75 Å². The van der Waals surface area contributed by atoms with E-state index in [4.69, 9.17) is 4.52 Å². The lowest BCUT2D eigenvalue weighted by molar-refractivity contribution is 0.432. The minimum absolute atomic E-state index is 0.183. The van der Waals surface area contributed by atoms with Crippen molar-refractivity contribution < 1.29 is 9.63 Å². The third-order valence-corrected chi connectivity index (χ3v) is 3.61. The summed E-state index contributed by atoms with van der Waals surface area (Å²) in [7, 11) is 0. The van der Waals surface area contributed by atoms with Crippen molar-refractivity contribution in [1.82, 2.24) is 15.5 Å². The minimum Gasteiger partial charge on any atom is -0.508 e. The normalized spacial score (nSPS) is 13.3. The van der Waals surface area contributed by atoms with Gasteiger partial charge in [0.05, 0.1) is 0 Å². The highest BCUT2D eigenvalue weighted by molar-refractivity contribution is 5.62. The molecule has 0 aliphatic carbocycles. The van der Waals surface area contributed by atoms with E-state index in [1.165, 1.54) is 11.1 Å². The van der Waals surface area contributed by atoms with Gasteiger partial charge in [0.2, 0.25) is 5.82 Å². The van der Waals surface area contributed by atoms with Crippen molar-refractivity contribution in [3.63, 3.8) is 0 Å². The topological polar surface area (TPSA) is 71.2 Å². The maximum Gasteiger partial charge on any atom is 0.258 e. The van der Waals surface area contributed by atoms with E-state index in [9.17, 15) is 5.11 Å². The molecule has 0 fully saturated rings. The maximum absolute atomic E-state index is 9.51. The van der Waals surface area contributed by atoms with Gasteiger partial charge < -0.3 is 14.9 Å². The zero-order valence-electron chi connectivity index (χ0n) is 11.2. The highest BCUT2D eigenvalue weighted by atomic mass is 16.5. The molecule has 5 heteroatoms. The maximum atomic E-state index is 9.51. The molecule has 5 nitrogen and oxygen atoms in total. The number of fused-ring (bicyclic) bond motifs is 1. The van der Waals surface area contributed by atoms with Crippen molar-refractivity contribution in [3.05, 3.63) is 53.6 Å². The number of nitrogens with one attached hydrogen (secondary N) is 1. The van der Waals surface area contributed by atoms with E-state index in [2.05, 4.69) is 27.6 Å². The molecule has 1 aliphatic rings. The average molecular weight is 279 g/mol. The number of hydrogen-bond acceptors (Lipinski definition) is 5. The fraction of sp³-hybridized carbons (Fsp3) is 0.125. The first-order valence-electron chi connectivity index (χ1n) is 6.75. The Morgan fingerprint density at radius 3 is 2.81 bits per heavy atom. The third kappa shape index (κ3) is 2.17. The third-order valence-electron chi connectivity index (χ3n) is 3.61. The van der Waals surface area contributed by atoms with Crippen LogP contribution in [0.2, 0.25) is 0 Å². The summed E-state index contributed by atoms with van der Waals surface area (Å²) >= 11 is 0. The van der Waals surface area contributed by atoms with Crippen molar-refractivity contribution in [3.8, 4) is 28.6 Å². The Labute approximate surface area is 121 Å². The van der Waals surface area contributed by atoms with Crippen LogP contribution in [0.15, 0.2) is 47.0 Å². The number of nitrogens with zero attached hydrogens (tertiary/aromatic N) is 2. The molecule has 2 heterocycles. The number of benzene rings is 2. The number of aromatic nitrogens is 2. The molecule has 104 valence electrons. The van der Waals surface area contributed by atoms with Gasteiger partial charge in [0.15, 0.2) is 0 Å². The van der Waals surface area contributed by atoms with Crippen LogP contribution in [0.4, 0.5) is 0 Å². The van der Waals surface area contributed by atoms with Crippen LogP contribution in [-0.4, -0.2) is 15.2 Å². The lowest BCUT2D eigenvalue weighted by Gasteiger charge is -1.99. The van der Waals surface area contributed by atoms with Crippen LogP contribution < -0.4 is 5.32 Å². The van der Waals surface area contributed by atoms with E-state index in [0.717, 1.165) is 24.2 Å². The predicted octanol–water partition coefficient (Wildman–Crippen LogP) is 2.71. The second-order valence-corrected chi connectivity index (χ2v) is 5.06. The standard InChI is InChI=1S/C16H13N3O2/c20-14-3-1-2-10(7-14)15-18-16(21-19-15)11-4-5-12-8-17-9-13(12)6-11/h1-7,17,20H,8-9H2. The Bertz CT molecular complexity index is 811. The highest BCUT2D eigenvalue weighted by Gasteiger charge is 2.15. The summed E-state index contributed by atoms with van der Waals surface area (Å²) in [6.07, 6.45) is 0. The van der Waals surface area contributed by atoms with Crippen LogP contribution in [-0.2, 0) is 13.1 Å². The van der Waals surface area contributed by atoms with Crippen molar-refractivity contribution in [2.45, 2.75) is 13.1 Å². The van der Waals surface area contributed by atoms with Gasteiger partial charge in [0.1, 0.15) is 5.75 Å². The zero-order valence-corrected chi connectivity index (χ0v) is 11.2. The molecule has 0 amide bonds. The Morgan fingerprint density at radius 2 is 1.90 bits per heavy atom. The van der Waals surface area contributed by atoms with E-state index in [0.29, 0.717) is 11.7 Å². The molecular weight excluding hydrogens is 266 g/mol. The average Bonchev–Trinajstić information content (AvgIpc) is 3.15. The summed E-state index contributed by atoms with van der Waals surface area (Å²) in [5.41, 5.74) is 4.22. The summed E-state index contributed by atoms with van der Waals surface area (Å²) in [5.74, 6) is 1.14. The van der Waals surface area contributed by atoms with Crippen LogP contribution in [0.3, 0.4) is 0 Å². The molecule has 0 bridgehead atoms. The van der Waals surface area contributed by atoms with Gasteiger partial charge in [-0.25, -0.2) is 0 Å². The second kappa shape index (κ2) is 4.71. The van der Waals surface area contributed by atoms with Gasteiger partial charge in [0, 0.05) is 24.2 Å². The molecule has 0 atom stereocenters. The molecule has 21 heavy (non-hydrogen) atoms. The lowest BCUT2D eigenvalue weighted by atomic mass is 10.1. The molecule has 1 aromatic heterocycles. The van der Waals surface area contributed by atoms with Crippen molar-refractivity contribution in [1.29, 1.82) is 0 Å². The van der Waals surface area contributed by atoms with Crippen LogP contribution in [0.25, 0.3) is 22.8 Å². The Balaban J connectivity index is 1.71. The fourth-order valence-electron chi connectivity index (χ4n) is 2.53. The monoisotopic (exact) mass is 279 g/mol. The Hall–Kier alpha value is -2.66. The lowest BCUT2D eigenvalue weighted by Crippen LogP contribution is -1.99. The van der Waals surface area contributed by atoms with Gasteiger partial charge >= 0.3 is 0 Å². The zero-order chi connectivity index (χ0) is 14.2. The second-order valence-electron chi connectivity index (χ2n) is 5.06. The highest BCUT2D eigenvalue weighted by Crippen LogP contribution is 2.27. The van der Waals surface area contributed by atoms with Crippen LogP contribution in [0, 0.1) is 0 Å². The summed E-state index contributed by atoms with van der Waals surface area (Å²) in [6, 6.07) is 13.0. The smallest absolute Gasteiger partial charge is 0.258 e. The Kier molecular flexibility index (Phi) is 2.72. The van der Waals surface area contributed by atoms with Crippen molar-refractivity contribution in [2.75, 3.05) is 0 Å². The molecule has 2 N–H and O–H groups in total. The van der Waals surface area contributed by atoms with Gasteiger partial charge in [-0.3, -0.25) is 0 Å². The number of aromatic hydroxyl groups is 1. The first kappa shape index (κ1) is 12.1. The largest absolute Gasteiger partial charge is 0.508 e. The van der Waals surface area contributed by atoms with Gasteiger partial charge in [-0.1, -0.05) is 23.4 Å². The van der Waals surface area contributed by atoms with Crippen LogP contribution in [0.1, 0.15) is 11.1 Å². The molecule has 0 saturated heterocycles. The number of hydrogen-bond donors (Lipinski definition) is 2. The molecule has 0 spiro atoms. The predicted molar refractivity (Wildman–Crippen MR) is 77.4 cm³/mol. The summed E-state index contributed by atoms with van der Waals surface area (Å²) in [6.45, 7) is 1.78. The number of phenols is 1. The first-order valence-corrected chi connectivity index (χ1v) is 6.75. The van der Waals surface area contributed by atoms with Gasteiger partial charge in [-0.05, 0) is 35.4 Å². The van der Waals surface area contributed by atoms with Crippen LogP contribution >= 0.6 is 0 Å². The number of rotatable bonds is 2. The van der Waals surface area contributed by atoms with Gasteiger partial charge in [-0.2, -0.15) is 4.98 Å². The SMILES string of the molecule is Oc1cccc(-c2noc(-c3ccc4c(c3)CNC4)n2)c1. The molecular formula is C16H13N3O2. The quantitative estimate of drug-likeness (QED) is 0.754. The first-order chi connectivity index (χ1) is 10.3. The molecule has 3 aromatic rings. The van der Waals surface area contributed by atoms with Crippen molar-refractivity contribution >= 4 is 0 Å². The van der Waals surface area contributed by atoms with E-state index < -0.39 is 0 Å². The van der Waals surface area contributed by atoms with Gasteiger partial charge in [0.25, 0.3) is 5.89 Å². The van der Waals surface area contributed by atoms with Gasteiger partial charge in [-0.15, -0.1) is 0 Å². The molecule has 0 saturated carbocycles. The summed E-state index contributed by atoms with van der Waals surface area (Å²) in [5, 5.41) is 16.8. The van der Waals surface area contributed by atoms with E-state index in [-0.39, 0.29) is 5.75 Å². The van der Waals surface area contributed by atoms with E-state index >= 15 is 0 Å². The molecule has 1 aliphatic heterocycles. The summed E-state index contributed by atoms with van der Waals surface area (Å²) in [4.78, 5) is 4.41. The molecule has 4 rings (SSSR count). The number of phenolic OH excluding ortho intramolecular Hbond substituents is 1. The van der Waals surface area contributed by atoms with Crippen molar-refractivity contribution in [2.24, 2.45) is 0 Å². The summed E-state index contributed by atoms with van der Waals surface area (Å²) < 4.78 is 5.34. The molecule has 0 unspecified atom stereocenters. The van der Waals surface area contributed by atoms with E-state index in [1.54, 1.807) is 18.2 Å². The Morgan fingerprint density at radius 1 is 1.00 bits per heavy atom.